The molecule has 4 aromatic rings. The van der Waals surface area contributed by atoms with Crippen molar-refractivity contribution in [3.63, 3.8) is 0 Å². The highest BCUT2D eigenvalue weighted by molar-refractivity contribution is 6.35. The summed E-state index contributed by atoms with van der Waals surface area (Å²) in [5.41, 5.74) is 10.1. The fourth-order valence-electron chi connectivity index (χ4n) is 6.38. The van der Waals surface area contributed by atoms with Crippen LogP contribution in [-0.4, -0.2) is 53.6 Å². The molecule has 198 valence electrons. The molecule has 2 aliphatic heterocycles. The first-order chi connectivity index (χ1) is 19.2. The standard InChI is InChI=1S/C33H34N4O2/c38-33-28(26-19-22(9-10-30(26)36-33)12-14-37-15-17-39-18-16-37)21-32-27(25-7-3-4-8-29(25)35-32)20-31-24-6-2-1-5-23(24)11-13-34-31/h1-2,5-6,9-11,13,19,21,35H,3-4,7-8,12,14-18,20H2,(H,36,38). The summed E-state index contributed by atoms with van der Waals surface area (Å²) in [5, 5.41) is 5.50. The number of anilines is 1. The Labute approximate surface area is 229 Å². The molecule has 2 aromatic carbocycles. The number of rotatable bonds is 6. The Bertz CT molecular complexity index is 1570. The fourth-order valence-corrected chi connectivity index (χ4v) is 6.38. The van der Waals surface area contributed by atoms with Crippen LogP contribution in [0.5, 0.6) is 0 Å². The molecule has 2 aromatic heterocycles. The van der Waals surface area contributed by atoms with Crippen molar-refractivity contribution in [1.29, 1.82) is 0 Å². The minimum atomic E-state index is -0.0304. The van der Waals surface area contributed by atoms with Gasteiger partial charge in [-0.1, -0.05) is 30.3 Å². The third kappa shape index (κ3) is 4.79. The summed E-state index contributed by atoms with van der Waals surface area (Å²) in [6, 6.07) is 16.9. The number of fused-ring (bicyclic) bond motifs is 3. The highest BCUT2D eigenvalue weighted by Gasteiger charge is 2.27. The molecule has 1 amide bonds. The van der Waals surface area contributed by atoms with Gasteiger partial charge in [-0.15, -0.1) is 0 Å². The van der Waals surface area contributed by atoms with E-state index in [-0.39, 0.29) is 5.91 Å². The van der Waals surface area contributed by atoms with E-state index in [0.717, 1.165) is 86.7 Å². The number of aromatic amines is 1. The van der Waals surface area contributed by atoms with Crippen LogP contribution in [0.25, 0.3) is 22.4 Å². The van der Waals surface area contributed by atoms with Gasteiger partial charge in [0.25, 0.3) is 5.91 Å². The quantitative estimate of drug-likeness (QED) is 0.336. The van der Waals surface area contributed by atoms with Crippen LogP contribution in [0, 0.1) is 0 Å². The van der Waals surface area contributed by atoms with Crippen molar-refractivity contribution in [1.82, 2.24) is 14.9 Å². The molecule has 3 aliphatic rings. The number of carbonyl (C=O) groups excluding carboxylic acids is 1. The van der Waals surface area contributed by atoms with Crippen LogP contribution in [0.2, 0.25) is 0 Å². The maximum Gasteiger partial charge on any atom is 0.256 e. The Morgan fingerprint density at radius 1 is 1.03 bits per heavy atom. The number of H-pyrrole nitrogens is 1. The maximum absolute atomic E-state index is 13.2. The van der Waals surface area contributed by atoms with Crippen LogP contribution in [0.3, 0.4) is 0 Å². The number of amides is 1. The average molecular weight is 519 g/mol. The largest absolute Gasteiger partial charge is 0.379 e. The molecular formula is C33H34N4O2. The highest BCUT2D eigenvalue weighted by Crippen LogP contribution is 2.37. The second-order valence-electron chi connectivity index (χ2n) is 10.9. The molecule has 4 heterocycles. The Kier molecular flexibility index (Phi) is 6.51. The van der Waals surface area contributed by atoms with Gasteiger partial charge in [-0.05, 0) is 78.5 Å². The SMILES string of the molecule is O=C1Nc2ccc(CCN3CCOCC3)cc2C1=Cc1[nH]c2c(c1Cc1nccc3ccccc13)CCCC2. The average Bonchev–Trinajstić information content (AvgIpc) is 3.48. The van der Waals surface area contributed by atoms with E-state index in [4.69, 9.17) is 9.72 Å². The van der Waals surface area contributed by atoms with E-state index < -0.39 is 0 Å². The Balaban J connectivity index is 1.24. The zero-order chi connectivity index (χ0) is 26.2. The van der Waals surface area contributed by atoms with Crippen molar-refractivity contribution in [3.05, 3.63) is 94.1 Å². The topological polar surface area (TPSA) is 70.2 Å². The maximum atomic E-state index is 13.2. The number of hydrogen-bond acceptors (Lipinski definition) is 4. The lowest BCUT2D eigenvalue weighted by Crippen LogP contribution is -2.37. The van der Waals surface area contributed by atoms with Gasteiger partial charge in [0.05, 0.1) is 24.5 Å². The third-order valence-electron chi connectivity index (χ3n) is 8.52. The first kappa shape index (κ1) is 24.3. The predicted octanol–water partition coefficient (Wildman–Crippen LogP) is 5.40. The molecule has 0 radical (unpaired) electrons. The highest BCUT2D eigenvalue weighted by atomic mass is 16.5. The van der Waals surface area contributed by atoms with Gasteiger partial charge in [0.15, 0.2) is 0 Å². The lowest BCUT2D eigenvalue weighted by molar-refractivity contribution is -0.110. The van der Waals surface area contributed by atoms with Gasteiger partial charge in [0, 0.05) is 60.3 Å². The number of morpholine rings is 1. The molecule has 7 rings (SSSR count). The van der Waals surface area contributed by atoms with E-state index in [1.54, 1.807) is 0 Å². The predicted molar refractivity (Wildman–Crippen MR) is 156 cm³/mol. The molecule has 0 atom stereocenters. The number of carbonyl (C=O) groups is 1. The zero-order valence-corrected chi connectivity index (χ0v) is 22.3. The number of benzene rings is 2. The van der Waals surface area contributed by atoms with Gasteiger partial charge in [-0.2, -0.15) is 0 Å². The van der Waals surface area contributed by atoms with E-state index in [0.29, 0.717) is 0 Å². The van der Waals surface area contributed by atoms with Gasteiger partial charge in [-0.25, -0.2) is 0 Å². The van der Waals surface area contributed by atoms with Gasteiger partial charge in [-0.3, -0.25) is 14.7 Å². The first-order valence-corrected chi connectivity index (χ1v) is 14.2. The molecule has 1 fully saturated rings. The fraction of sp³-hybridized carbons (Fsp3) is 0.333. The van der Waals surface area contributed by atoms with Gasteiger partial charge in [0.1, 0.15) is 0 Å². The smallest absolute Gasteiger partial charge is 0.256 e. The summed E-state index contributed by atoms with van der Waals surface area (Å²) in [7, 11) is 0. The van der Waals surface area contributed by atoms with Crippen molar-refractivity contribution < 1.29 is 9.53 Å². The number of nitrogens with one attached hydrogen (secondary N) is 2. The van der Waals surface area contributed by atoms with Gasteiger partial charge in [0.2, 0.25) is 0 Å². The summed E-state index contributed by atoms with van der Waals surface area (Å²) in [4.78, 5) is 24.2. The monoisotopic (exact) mass is 518 g/mol. The molecule has 0 saturated carbocycles. The summed E-state index contributed by atoms with van der Waals surface area (Å²) < 4.78 is 5.49. The van der Waals surface area contributed by atoms with Crippen LogP contribution >= 0.6 is 0 Å². The normalized spacial score (nSPS) is 18.4. The molecule has 6 heteroatoms. The number of ether oxygens (including phenoxy) is 1. The molecular weight excluding hydrogens is 484 g/mol. The van der Waals surface area contributed by atoms with E-state index in [1.807, 2.05) is 6.20 Å². The third-order valence-corrected chi connectivity index (χ3v) is 8.52. The van der Waals surface area contributed by atoms with Crippen molar-refractivity contribution in [3.8, 4) is 0 Å². The minimum Gasteiger partial charge on any atom is -0.379 e. The van der Waals surface area contributed by atoms with Crippen LogP contribution in [-0.2, 0) is 35.2 Å². The lowest BCUT2D eigenvalue weighted by Gasteiger charge is -2.26. The Hall–Kier alpha value is -3.74. The second kappa shape index (κ2) is 10.4. The summed E-state index contributed by atoms with van der Waals surface area (Å²) in [6.45, 7) is 4.61. The number of aryl methyl sites for hydroxylation is 1. The van der Waals surface area contributed by atoms with E-state index in [1.165, 1.54) is 46.0 Å². The number of hydrogen-bond donors (Lipinski definition) is 2. The molecule has 0 unspecified atom stereocenters. The summed E-state index contributed by atoms with van der Waals surface area (Å²) in [6.07, 6.45) is 10.2. The molecule has 6 nitrogen and oxygen atoms in total. The van der Waals surface area contributed by atoms with Crippen molar-refractivity contribution in [2.75, 3.05) is 38.2 Å². The van der Waals surface area contributed by atoms with Crippen molar-refractivity contribution >= 4 is 34.0 Å². The molecule has 1 saturated heterocycles. The lowest BCUT2D eigenvalue weighted by atomic mass is 9.91. The van der Waals surface area contributed by atoms with Crippen LogP contribution in [0.4, 0.5) is 5.69 Å². The van der Waals surface area contributed by atoms with Crippen molar-refractivity contribution in [2.45, 2.75) is 38.5 Å². The van der Waals surface area contributed by atoms with Crippen molar-refractivity contribution in [2.24, 2.45) is 0 Å². The molecule has 0 spiro atoms. The van der Waals surface area contributed by atoms with E-state index >= 15 is 0 Å². The van der Waals surface area contributed by atoms with Crippen LogP contribution in [0.1, 0.15) is 52.2 Å². The summed E-state index contributed by atoms with van der Waals surface area (Å²) >= 11 is 0. The molecule has 0 bridgehead atoms. The minimum absolute atomic E-state index is 0.0304. The number of aromatic nitrogens is 2. The first-order valence-electron chi connectivity index (χ1n) is 14.2. The van der Waals surface area contributed by atoms with Crippen LogP contribution < -0.4 is 5.32 Å². The summed E-state index contributed by atoms with van der Waals surface area (Å²) in [5.74, 6) is -0.0304. The molecule has 2 N–H and O–H groups in total. The Morgan fingerprint density at radius 2 is 1.90 bits per heavy atom. The van der Waals surface area contributed by atoms with Gasteiger partial charge >= 0.3 is 0 Å². The van der Waals surface area contributed by atoms with E-state index in [9.17, 15) is 4.79 Å². The van der Waals surface area contributed by atoms with E-state index in [2.05, 4.69) is 69.8 Å². The Morgan fingerprint density at radius 3 is 2.82 bits per heavy atom. The molecule has 39 heavy (non-hydrogen) atoms. The second-order valence-corrected chi connectivity index (χ2v) is 10.9. The molecule has 1 aliphatic carbocycles. The number of pyridine rings is 1. The number of nitrogens with zero attached hydrogens (tertiary/aromatic N) is 2. The van der Waals surface area contributed by atoms with Gasteiger partial charge < -0.3 is 15.0 Å². The van der Waals surface area contributed by atoms with Crippen LogP contribution in [0.15, 0.2) is 54.7 Å². The zero-order valence-electron chi connectivity index (χ0n) is 22.3.